The number of nitrogens with zero attached hydrogens (tertiary/aromatic N) is 3. The van der Waals surface area contributed by atoms with Crippen LogP contribution in [0.15, 0.2) is 40.8 Å². The Kier molecular flexibility index (Phi) is 4.42. The van der Waals surface area contributed by atoms with Crippen molar-refractivity contribution in [2.75, 3.05) is 13.1 Å². The molecular formula is C15H15N3O2S. The van der Waals surface area contributed by atoms with Gasteiger partial charge in [-0.15, -0.1) is 0 Å². The Morgan fingerprint density at radius 2 is 2.00 bits per heavy atom. The SMILES string of the molecule is Cc1ccc(S(=O)(=O)N2C/C(=C\C#N)[C@H](CC#N)C2)cc1. The van der Waals surface area contributed by atoms with E-state index in [-0.39, 0.29) is 30.3 Å². The molecule has 0 amide bonds. The van der Waals surface area contributed by atoms with Crippen molar-refractivity contribution in [3.8, 4) is 12.1 Å². The molecule has 1 aliphatic rings. The van der Waals surface area contributed by atoms with Crippen molar-refractivity contribution in [2.24, 2.45) is 5.92 Å². The fraction of sp³-hybridized carbons (Fsp3) is 0.333. The molecule has 1 aliphatic heterocycles. The highest BCUT2D eigenvalue weighted by Crippen LogP contribution is 2.30. The van der Waals surface area contributed by atoms with Crippen LogP contribution in [-0.2, 0) is 10.0 Å². The van der Waals surface area contributed by atoms with E-state index in [4.69, 9.17) is 10.5 Å². The largest absolute Gasteiger partial charge is 0.243 e. The third-order valence-electron chi connectivity index (χ3n) is 3.55. The topological polar surface area (TPSA) is 85.0 Å². The van der Waals surface area contributed by atoms with Gasteiger partial charge >= 0.3 is 0 Å². The van der Waals surface area contributed by atoms with Crippen LogP contribution < -0.4 is 0 Å². The standard InChI is InChI=1S/C15H15N3O2S/c1-12-2-4-15(5-3-12)21(19,20)18-10-13(6-8-16)14(11-18)7-9-17/h2-6,14H,7,10-11H2,1H3/b13-6+/t14-/m1/s1. The average Bonchev–Trinajstić information content (AvgIpc) is 2.84. The zero-order valence-corrected chi connectivity index (χ0v) is 12.5. The minimum atomic E-state index is -3.58. The van der Waals surface area contributed by atoms with Crippen molar-refractivity contribution in [2.45, 2.75) is 18.2 Å². The summed E-state index contributed by atoms with van der Waals surface area (Å²) in [6.07, 6.45) is 1.57. The van der Waals surface area contributed by atoms with Crippen molar-refractivity contribution in [1.82, 2.24) is 4.31 Å². The number of hydrogen-bond acceptors (Lipinski definition) is 4. The summed E-state index contributed by atoms with van der Waals surface area (Å²) in [4.78, 5) is 0.238. The maximum absolute atomic E-state index is 12.6. The van der Waals surface area contributed by atoms with Crippen LogP contribution in [0.5, 0.6) is 0 Å². The lowest BCUT2D eigenvalue weighted by Gasteiger charge is -2.15. The third-order valence-corrected chi connectivity index (χ3v) is 5.38. The van der Waals surface area contributed by atoms with E-state index in [1.807, 2.05) is 19.1 Å². The fourth-order valence-corrected chi connectivity index (χ4v) is 3.83. The first-order valence-corrected chi connectivity index (χ1v) is 7.95. The van der Waals surface area contributed by atoms with E-state index >= 15 is 0 Å². The second kappa shape index (κ2) is 6.09. The molecule has 0 spiro atoms. The molecule has 6 heteroatoms. The second-order valence-electron chi connectivity index (χ2n) is 5.02. The molecular weight excluding hydrogens is 286 g/mol. The molecule has 1 atom stereocenters. The Labute approximate surface area is 124 Å². The maximum Gasteiger partial charge on any atom is 0.243 e. The van der Waals surface area contributed by atoms with Crippen LogP contribution in [0.4, 0.5) is 0 Å². The molecule has 0 saturated carbocycles. The van der Waals surface area contributed by atoms with Gasteiger partial charge < -0.3 is 0 Å². The lowest BCUT2D eigenvalue weighted by atomic mass is 10.00. The second-order valence-corrected chi connectivity index (χ2v) is 6.96. The van der Waals surface area contributed by atoms with E-state index in [2.05, 4.69) is 0 Å². The molecule has 1 heterocycles. The Morgan fingerprint density at radius 1 is 1.33 bits per heavy atom. The summed E-state index contributed by atoms with van der Waals surface area (Å²) in [5.74, 6) is -0.199. The van der Waals surface area contributed by atoms with E-state index in [0.29, 0.717) is 5.57 Å². The molecule has 0 unspecified atom stereocenters. The molecule has 1 saturated heterocycles. The van der Waals surface area contributed by atoms with Crippen molar-refractivity contribution in [3.05, 3.63) is 41.5 Å². The number of benzene rings is 1. The van der Waals surface area contributed by atoms with Gasteiger partial charge in [0.05, 0.1) is 17.0 Å². The summed E-state index contributed by atoms with van der Waals surface area (Å²) in [5.41, 5.74) is 1.69. The van der Waals surface area contributed by atoms with E-state index in [1.165, 1.54) is 10.4 Å². The highest BCUT2D eigenvalue weighted by atomic mass is 32.2. The number of nitriles is 2. The molecule has 0 aliphatic carbocycles. The zero-order valence-electron chi connectivity index (χ0n) is 11.7. The van der Waals surface area contributed by atoms with Crippen molar-refractivity contribution < 1.29 is 8.42 Å². The van der Waals surface area contributed by atoms with Crippen molar-refractivity contribution >= 4 is 10.0 Å². The molecule has 108 valence electrons. The van der Waals surface area contributed by atoms with Crippen molar-refractivity contribution in [3.63, 3.8) is 0 Å². The quantitative estimate of drug-likeness (QED) is 0.799. The average molecular weight is 301 g/mol. The summed E-state index contributed by atoms with van der Waals surface area (Å²) in [5, 5.41) is 17.6. The van der Waals surface area contributed by atoms with Crippen molar-refractivity contribution in [1.29, 1.82) is 10.5 Å². The van der Waals surface area contributed by atoms with Gasteiger partial charge in [-0.3, -0.25) is 0 Å². The molecule has 0 radical (unpaired) electrons. The minimum Gasteiger partial charge on any atom is -0.207 e. The molecule has 0 N–H and O–H groups in total. The number of rotatable bonds is 3. The smallest absolute Gasteiger partial charge is 0.207 e. The third kappa shape index (κ3) is 3.13. The normalized spacial score (nSPS) is 21.1. The Balaban J connectivity index is 2.31. The predicted octanol–water partition coefficient (Wildman–Crippen LogP) is 1.98. The molecule has 21 heavy (non-hydrogen) atoms. The number of sulfonamides is 1. The molecule has 1 aromatic carbocycles. The van der Waals surface area contributed by atoms with Crippen LogP contribution in [-0.4, -0.2) is 25.8 Å². The Morgan fingerprint density at radius 3 is 2.57 bits per heavy atom. The van der Waals surface area contributed by atoms with E-state index in [1.54, 1.807) is 24.3 Å². The summed E-state index contributed by atoms with van der Waals surface area (Å²) in [6, 6.07) is 10.6. The van der Waals surface area contributed by atoms with E-state index in [9.17, 15) is 8.42 Å². The van der Waals surface area contributed by atoms with Crippen LogP contribution in [0.25, 0.3) is 0 Å². The first kappa shape index (κ1) is 15.2. The summed E-state index contributed by atoms with van der Waals surface area (Å²) in [7, 11) is -3.58. The lowest BCUT2D eigenvalue weighted by molar-refractivity contribution is 0.459. The Bertz CT molecular complexity index is 737. The van der Waals surface area contributed by atoms with E-state index < -0.39 is 10.0 Å². The van der Waals surface area contributed by atoms with E-state index in [0.717, 1.165) is 5.56 Å². The van der Waals surface area contributed by atoms with Crippen LogP contribution in [0.3, 0.4) is 0 Å². The minimum absolute atomic E-state index is 0.177. The van der Waals surface area contributed by atoms with Gasteiger partial charge in [-0.1, -0.05) is 17.7 Å². The van der Waals surface area contributed by atoms with Gasteiger partial charge in [-0.2, -0.15) is 14.8 Å². The first-order chi connectivity index (χ1) is 9.98. The highest BCUT2D eigenvalue weighted by molar-refractivity contribution is 7.89. The van der Waals surface area contributed by atoms with Crippen LogP contribution in [0.2, 0.25) is 0 Å². The maximum atomic E-state index is 12.6. The first-order valence-electron chi connectivity index (χ1n) is 6.51. The fourth-order valence-electron chi connectivity index (χ4n) is 2.36. The lowest BCUT2D eigenvalue weighted by Crippen LogP contribution is -2.28. The van der Waals surface area contributed by atoms with Gasteiger partial charge in [0.2, 0.25) is 10.0 Å². The molecule has 0 bridgehead atoms. The molecule has 5 nitrogen and oxygen atoms in total. The van der Waals surface area contributed by atoms with Gasteiger partial charge in [0.15, 0.2) is 0 Å². The van der Waals surface area contributed by atoms with Crippen LogP contribution in [0, 0.1) is 35.5 Å². The number of hydrogen-bond donors (Lipinski definition) is 0. The van der Waals surface area contributed by atoms with Crippen LogP contribution >= 0.6 is 0 Å². The van der Waals surface area contributed by atoms with Gasteiger partial charge in [0.1, 0.15) is 0 Å². The molecule has 0 aromatic heterocycles. The van der Waals surface area contributed by atoms with Gasteiger partial charge in [-0.05, 0) is 24.6 Å². The van der Waals surface area contributed by atoms with Crippen LogP contribution in [0.1, 0.15) is 12.0 Å². The monoisotopic (exact) mass is 301 g/mol. The number of allylic oxidation sites excluding steroid dienone is 1. The zero-order chi connectivity index (χ0) is 15.5. The molecule has 2 rings (SSSR count). The Hall–Kier alpha value is -2.15. The van der Waals surface area contributed by atoms with Gasteiger partial charge in [0, 0.05) is 31.5 Å². The molecule has 1 fully saturated rings. The number of aryl methyl sites for hydroxylation is 1. The summed E-state index contributed by atoms with van der Waals surface area (Å²) in [6.45, 7) is 2.32. The van der Waals surface area contributed by atoms with Gasteiger partial charge in [-0.25, -0.2) is 8.42 Å². The van der Waals surface area contributed by atoms with Gasteiger partial charge in [0.25, 0.3) is 0 Å². The highest BCUT2D eigenvalue weighted by Gasteiger charge is 2.35. The summed E-state index contributed by atoms with van der Waals surface area (Å²) < 4.78 is 26.5. The predicted molar refractivity (Wildman–Crippen MR) is 77.4 cm³/mol. The molecule has 1 aromatic rings. The summed E-state index contributed by atoms with van der Waals surface area (Å²) >= 11 is 0.